The van der Waals surface area contributed by atoms with Crippen molar-refractivity contribution in [2.45, 2.75) is 6.54 Å². The minimum atomic E-state index is -0.926. The molecule has 0 fully saturated rings. The maximum Gasteiger partial charge on any atom is 0.248 e. The van der Waals surface area contributed by atoms with Crippen LogP contribution in [-0.4, -0.2) is 5.91 Å². The topological polar surface area (TPSA) is 55.1 Å². The van der Waals surface area contributed by atoms with Gasteiger partial charge in [-0.05, 0) is 29.8 Å². The molecule has 0 heterocycles. The number of benzene rings is 2. The maximum atomic E-state index is 13.0. The summed E-state index contributed by atoms with van der Waals surface area (Å²) in [5, 5.41) is 3.28. The molecule has 0 aromatic heterocycles. The molecule has 104 valence electrons. The van der Waals surface area contributed by atoms with Gasteiger partial charge in [0.05, 0.1) is 0 Å². The molecule has 3 N–H and O–H groups in total. The zero-order chi connectivity index (χ0) is 14.7. The fourth-order valence-corrected chi connectivity index (χ4v) is 1.89. The van der Waals surface area contributed by atoms with Crippen LogP contribution in [0.3, 0.4) is 0 Å². The third kappa shape index (κ3) is 3.24. The molecule has 0 atom stereocenters. The first kappa shape index (κ1) is 14.3. The summed E-state index contributed by atoms with van der Waals surface area (Å²) >= 11 is 6.01. The summed E-state index contributed by atoms with van der Waals surface area (Å²) in [6.07, 6.45) is 0. The minimum Gasteiger partial charge on any atom is -0.381 e. The van der Waals surface area contributed by atoms with E-state index in [0.29, 0.717) is 28.4 Å². The average molecular weight is 297 g/mol. The van der Waals surface area contributed by atoms with E-state index in [4.69, 9.17) is 17.3 Å². The third-order valence-electron chi connectivity index (χ3n) is 2.74. The molecule has 0 bridgehead atoms. The number of rotatable bonds is 4. The molecule has 0 saturated carbocycles. The molecule has 0 aliphatic rings. The number of hydrogen-bond donors (Lipinski definition) is 2. The van der Waals surface area contributed by atoms with E-state index in [1.54, 1.807) is 12.1 Å². The lowest BCUT2D eigenvalue weighted by atomic mass is 10.1. The lowest BCUT2D eigenvalue weighted by Crippen LogP contribution is -2.11. The standard InChI is InChI=1S/C14H11ClF2N2O/c15-11-5-8(14(18)20)1-2-9(11)7-19-10-3-4-12(16)13(17)6-10/h1-6,19H,7H2,(H2,18,20). The Morgan fingerprint density at radius 3 is 2.50 bits per heavy atom. The molecule has 0 radical (unpaired) electrons. The molecule has 1 amide bonds. The van der Waals surface area contributed by atoms with Crippen molar-refractivity contribution < 1.29 is 13.6 Å². The van der Waals surface area contributed by atoms with Crippen LogP contribution in [0.2, 0.25) is 5.02 Å². The van der Waals surface area contributed by atoms with Gasteiger partial charge in [-0.15, -0.1) is 0 Å². The number of carbonyl (C=O) groups is 1. The summed E-state index contributed by atoms with van der Waals surface area (Å²) < 4.78 is 25.8. The van der Waals surface area contributed by atoms with Gasteiger partial charge < -0.3 is 11.1 Å². The predicted octanol–water partition coefficient (Wildman–Crippen LogP) is 3.33. The molecule has 0 unspecified atom stereocenters. The Kier molecular flexibility index (Phi) is 4.20. The van der Waals surface area contributed by atoms with Crippen molar-refractivity contribution in [3.05, 3.63) is 64.2 Å². The Balaban J connectivity index is 2.10. The van der Waals surface area contributed by atoms with Crippen molar-refractivity contribution in [2.24, 2.45) is 5.73 Å². The van der Waals surface area contributed by atoms with E-state index in [9.17, 15) is 13.6 Å². The third-order valence-corrected chi connectivity index (χ3v) is 3.09. The zero-order valence-electron chi connectivity index (χ0n) is 10.3. The van der Waals surface area contributed by atoms with Crippen LogP contribution in [0.1, 0.15) is 15.9 Å². The maximum absolute atomic E-state index is 13.0. The second-order valence-corrected chi connectivity index (χ2v) is 4.56. The summed E-state index contributed by atoms with van der Waals surface area (Å²) in [4.78, 5) is 11.0. The highest BCUT2D eigenvalue weighted by Crippen LogP contribution is 2.20. The van der Waals surface area contributed by atoms with Gasteiger partial charge in [0.1, 0.15) is 0 Å². The second kappa shape index (κ2) is 5.88. The molecule has 2 aromatic rings. The van der Waals surface area contributed by atoms with Crippen LogP contribution in [0.4, 0.5) is 14.5 Å². The fourth-order valence-electron chi connectivity index (χ4n) is 1.65. The quantitative estimate of drug-likeness (QED) is 0.909. The molecule has 0 aliphatic carbocycles. The second-order valence-electron chi connectivity index (χ2n) is 4.15. The van der Waals surface area contributed by atoms with Crippen molar-refractivity contribution in [1.82, 2.24) is 0 Å². The number of hydrogen-bond acceptors (Lipinski definition) is 2. The van der Waals surface area contributed by atoms with Gasteiger partial charge in [-0.3, -0.25) is 4.79 Å². The van der Waals surface area contributed by atoms with Crippen LogP contribution >= 0.6 is 11.6 Å². The van der Waals surface area contributed by atoms with Crippen molar-refractivity contribution in [3.63, 3.8) is 0 Å². The Morgan fingerprint density at radius 2 is 1.90 bits per heavy atom. The number of nitrogens with two attached hydrogens (primary N) is 1. The van der Waals surface area contributed by atoms with Crippen molar-refractivity contribution >= 4 is 23.2 Å². The van der Waals surface area contributed by atoms with Gasteiger partial charge in [-0.25, -0.2) is 8.78 Å². The Morgan fingerprint density at radius 1 is 1.15 bits per heavy atom. The predicted molar refractivity (Wildman–Crippen MR) is 73.7 cm³/mol. The molecular formula is C14H11ClF2N2O. The van der Waals surface area contributed by atoms with Gasteiger partial charge >= 0.3 is 0 Å². The number of halogens is 3. The lowest BCUT2D eigenvalue weighted by Gasteiger charge is -2.09. The van der Waals surface area contributed by atoms with E-state index in [0.717, 1.165) is 12.1 Å². The summed E-state index contributed by atoms with van der Waals surface area (Å²) in [6.45, 7) is 0.308. The van der Waals surface area contributed by atoms with Gasteiger partial charge in [0, 0.05) is 28.9 Å². The summed E-state index contributed by atoms with van der Waals surface area (Å²) in [5.41, 5.74) is 6.59. The van der Waals surface area contributed by atoms with Gasteiger partial charge in [0.15, 0.2) is 11.6 Å². The van der Waals surface area contributed by atoms with Gasteiger partial charge in [-0.1, -0.05) is 17.7 Å². The van der Waals surface area contributed by atoms with E-state index < -0.39 is 17.5 Å². The number of amides is 1. The minimum absolute atomic E-state index is 0.308. The largest absolute Gasteiger partial charge is 0.381 e. The van der Waals surface area contributed by atoms with E-state index in [1.807, 2.05) is 0 Å². The Bertz CT molecular complexity index is 662. The van der Waals surface area contributed by atoms with Crippen LogP contribution in [0, 0.1) is 11.6 Å². The molecule has 2 aromatic carbocycles. The van der Waals surface area contributed by atoms with E-state index in [-0.39, 0.29) is 0 Å². The van der Waals surface area contributed by atoms with Crippen molar-refractivity contribution in [2.75, 3.05) is 5.32 Å². The SMILES string of the molecule is NC(=O)c1ccc(CNc2ccc(F)c(F)c2)c(Cl)c1. The van der Waals surface area contributed by atoms with Crippen molar-refractivity contribution in [1.29, 1.82) is 0 Å². The Hall–Kier alpha value is -2.14. The molecular weight excluding hydrogens is 286 g/mol. The van der Waals surface area contributed by atoms with Crippen LogP contribution < -0.4 is 11.1 Å². The molecule has 2 rings (SSSR count). The van der Waals surface area contributed by atoms with Gasteiger partial charge in [0.2, 0.25) is 5.91 Å². The first-order valence-electron chi connectivity index (χ1n) is 5.74. The Labute approximate surface area is 119 Å². The first-order chi connectivity index (χ1) is 9.47. The van der Waals surface area contributed by atoms with Crippen LogP contribution in [-0.2, 0) is 6.54 Å². The van der Waals surface area contributed by atoms with Gasteiger partial charge in [0.25, 0.3) is 0 Å². The fraction of sp³-hybridized carbons (Fsp3) is 0.0714. The normalized spacial score (nSPS) is 10.3. The molecule has 20 heavy (non-hydrogen) atoms. The summed E-state index contributed by atoms with van der Waals surface area (Å²) in [6, 6.07) is 8.18. The van der Waals surface area contributed by atoms with Crippen LogP contribution in [0.15, 0.2) is 36.4 Å². The smallest absolute Gasteiger partial charge is 0.248 e. The monoisotopic (exact) mass is 296 g/mol. The van der Waals surface area contributed by atoms with Crippen LogP contribution in [0.25, 0.3) is 0 Å². The highest BCUT2D eigenvalue weighted by atomic mass is 35.5. The molecule has 6 heteroatoms. The molecule has 3 nitrogen and oxygen atoms in total. The highest BCUT2D eigenvalue weighted by molar-refractivity contribution is 6.31. The average Bonchev–Trinajstić information content (AvgIpc) is 2.41. The lowest BCUT2D eigenvalue weighted by molar-refractivity contribution is 0.100. The van der Waals surface area contributed by atoms with Crippen LogP contribution in [0.5, 0.6) is 0 Å². The molecule has 0 spiro atoms. The first-order valence-corrected chi connectivity index (χ1v) is 6.12. The number of carbonyl (C=O) groups excluding carboxylic acids is 1. The number of nitrogens with one attached hydrogen (secondary N) is 1. The van der Waals surface area contributed by atoms with Gasteiger partial charge in [-0.2, -0.15) is 0 Å². The van der Waals surface area contributed by atoms with E-state index in [1.165, 1.54) is 12.1 Å². The van der Waals surface area contributed by atoms with E-state index >= 15 is 0 Å². The zero-order valence-corrected chi connectivity index (χ0v) is 11.0. The number of primary amides is 1. The highest BCUT2D eigenvalue weighted by Gasteiger charge is 2.06. The summed E-state index contributed by atoms with van der Waals surface area (Å²) in [7, 11) is 0. The summed E-state index contributed by atoms with van der Waals surface area (Å²) in [5.74, 6) is -2.39. The van der Waals surface area contributed by atoms with E-state index in [2.05, 4.69) is 5.32 Å². The molecule has 0 aliphatic heterocycles. The molecule has 0 saturated heterocycles. The van der Waals surface area contributed by atoms with Crippen molar-refractivity contribution in [3.8, 4) is 0 Å². The number of anilines is 1.